The molecule has 2 atom stereocenters. The lowest BCUT2D eigenvalue weighted by Crippen LogP contribution is -2.50. The van der Waals surface area contributed by atoms with Crippen molar-refractivity contribution in [2.24, 2.45) is 0 Å². The molecule has 0 aliphatic carbocycles. The number of nitrogens with one attached hydrogen (secondary N) is 3. The van der Waals surface area contributed by atoms with E-state index in [1.165, 1.54) is 11.8 Å². The third-order valence-corrected chi connectivity index (χ3v) is 6.01. The van der Waals surface area contributed by atoms with Gasteiger partial charge in [0.15, 0.2) is 0 Å². The molecule has 1 aromatic rings. The second kappa shape index (κ2) is 14.8. The lowest BCUT2D eigenvalue weighted by molar-refractivity contribution is -0.140. The number of halogens is 1. The van der Waals surface area contributed by atoms with Crippen molar-refractivity contribution in [2.75, 3.05) is 12.3 Å². The third-order valence-electron chi connectivity index (χ3n) is 4.18. The van der Waals surface area contributed by atoms with Crippen LogP contribution in [0.2, 0.25) is 0 Å². The van der Waals surface area contributed by atoms with Crippen molar-refractivity contribution in [1.29, 1.82) is 0 Å². The van der Waals surface area contributed by atoms with Crippen LogP contribution in [0.4, 0.5) is 4.79 Å². The first kappa shape index (κ1) is 30.5. The van der Waals surface area contributed by atoms with Gasteiger partial charge in [0.05, 0.1) is 0 Å². The van der Waals surface area contributed by atoms with Gasteiger partial charge in [-0.05, 0) is 67.5 Å². The van der Waals surface area contributed by atoms with Crippen molar-refractivity contribution in [3.63, 3.8) is 0 Å². The summed E-state index contributed by atoms with van der Waals surface area (Å²) < 4.78 is 6.12. The van der Waals surface area contributed by atoms with Crippen LogP contribution in [0.15, 0.2) is 24.3 Å². The van der Waals surface area contributed by atoms with E-state index < -0.39 is 54.1 Å². The average Bonchev–Trinajstić information content (AvgIpc) is 2.74. The van der Waals surface area contributed by atoms with Crippen LogP contribution < -0.4 is 16.0 Å². The minimum atomic E-state index is -1.37. The zero-order valence-electron chi connectivity index (χ0n) is 19.6. The van der Waals surface area contributed by atoms with Crippen LogP contribution in [0.3, 0.4) is 0 Å². The fourth-order valence-corrected chi connectivity index (χ4v) is 3.97. The number of carbonyl (C=O) groups is 5. The van der Waals surface area contributed by atoms with Gasteiger partial charge in [-0.2, -0.15) is 11.8 Å². The third kappa shape index (κ3) is 13.8. The van der Waals surface area contributed by atoms with Crippen LogP contribution in [0.25, 0.3) is 0 Å². The first-order valence-electron chi connectivity index (χ1n) is 10.6. The first-order valence-corrected chi connectivity index (χ1v) is 12.8. The molecular formula is C22H30IN3O8S. The number of amides is 3. The highest BCUT2D eigenvalue weighted by atomic mass is 127. The highest BCUT2D eigenvalue weighted by Gasteiger charge is 2.26. The molecule has 0 radical (unpaired) electrons. The van der Waals surface area contributed by atoms with Crippen LogP contribution in [-0.4, -0.2) is 70.0 Å². The van der Waals surface area contributed by atoms with Gasteiger partial charge in [0.2, 0.25) is 11.8 Å². The van der Waals surface area contributed by atoms with E-state index in [2.05, 4.69) is 38.5 Å². The number of thioether (sulfide) groups is 1. The summed E-state index contributed by atoms with van der Waals surface area (Å²) in [5.41, 5.74) is 0.195. The van der Waals surface area contributed by atoms with Crippen molar-refractivity contribution < 1.29 is 38.9 Å². The molecule has 3 amide bonds. The highest BCUT2D eigenvalue weighted by Crippen LogP contribution is 2.15. The largest absolute Gasteiger partial charge is 0.480 e. The van der Waals surface area contributed by atoms with E-state index in [-0.39, 0.29) is 18.6 Å². The van der Waals surface area contributed by atoms with Crippen LogP contribution in [-0.2, 0) is 29.7 Å². The summed E-state index contributed by atoms with van der Waals surface area (Å²) in [7, 11) is 0. The molecule has 11 nitrogen and oxygen atoms in total. The molecule has 0 unspecified atom stereocenters. The molecule has 0 aliphatic heterocycles. The molecule has 0 aromatic heterocycles. The van der Waals surface area contributed by atoms with E-state index in [9.17, 15) is 29.1 Å². The second-order valence-electron chi connectivity index (χ2n) is 8.45. The number of carboxylic acids is 2. The maximum absolute atomic E-state index is 12.5. The number of benzene rings is 1. The summed E-state index contributed by atoms with van der Waals surface area (Å²) in [6, 6.07) is 5.37. The van der Waals surface area contributed by atoms with Crippen molar-refractivity contribution in [2.45, 2.75) is 57.1 Å². The van der Waals surface area contributed by atoms with Gasteiger partial charge >= 0.3 is 18.0 Å². The van der Waals surface area contributed by atoms with Crippen LogP contribution in [0.5, 0.6) is 0 Å². The predicted molar refractivity (Wildman–Crippen MR) is 138 cm³/mol. The number of rotatable bonds is 13. The molecule has 5 N–H and O–H groups in total. The van der Waals surface area contributed by atoms with E-state index in [0.29, 0.717) is 5.75 Å². The number of aliphatic carboxylic acids is 2. The van der Waals surface area contributed by atoms with Gasteiger partial charge in [-0.1, -0.05) is 12.1 Å². The van der Waals surface area contributed by atoms with Crippen molar-refractivity contribution in [3.8, 4) is 0 Å². The number of hydrogen-bond acceptors (Lipinski definition) is 7. The Bertz CT molecular complexity index is 905. The zero-order chi connectivity index (χ0) is 26.6. The fourth-order valence-electron chi connectivity index (χ4n) is 2.59. The summed E-state index contributed by atoms with van der Waals surface area (Å²) >= 11 is 3.56. The molecule has 35 heavy (non-hydrogen) atoms. The number of hydrogen-bond donors (Lipinski definition) is 5. The Morgan fingerprint density at radius 3 is 2.20 bits per heavy atom. The van der Waals surface area contributed by atoms with Gasteiger partial charge in [-0.15, -0.1) is 0 Å². The monoisotopic (exact) mass is 623 g/mol. The maximum atomic E-state index is 12.5. The molecule has 1 rings (SSSR count). The maximum Gasteiger partial charge on any atom is 0.408 e. The van der Waals surface area contributed by atoms with Gasteiger partial charge in [-0.3, -0.25) is 14.4 Å². The van der Waals surface area contributed by atoms with E-state index in [0.717, 1.165) is 9.13 Å². The van der Waals surface area contributed by atoms with Crippen LogP contribution in [0.1, 0.15) is 39.2 Å². The molecule has 0 bridgehead atoms. The van der Waals surface area contributed by atoms with Gasteiger partial charge in [0, 0.05) is 21.5 Å². The molecule has 0 aliphatic rings. The Hall–Kier alpha value is -2.55. The van der Waals surface area contributed by atoms with E-state index in [4.69, 9.17) is 9.84 Å². The fraction of sp³-hybridized carbons (Fsp3) is 0.500. The average molecular weight is 623 g/mol. The lowest BCUT2D eigenvalue weighted by Gasteiger charge is -2.22. The number of ether oxygens (including phenoxy) is 1. The SMILES string of the molecule is CC(C)(C)OC(=O)N[C@@H](CCC(=O)N[C@@H](CSCc1ccc(I)cc1)C(=O)NCC(=O)O)C(=O)O. The Labute approximate surface area is 221 Å². The van der Waals surface area contributed by atoms with Crippen LogP contribution >= 0.6 is 34.4 Å². The molecule has 1 aromatic carbocycles. The second-order valence-corrected chi connectivity index (χ2v) is 10.7. The molecule has 0 heterocycles. The summed E-state index contributed by atoms with van der Waals surface area (Å²) in [6.45, 7) is 4.28. The normalized spacial score (nSPS) is 12.7. The Morgan fingerprint density at radius 1 is 1.03 bits per heavy atom. The number of alkyl carbamates (subject to hydrolysis) is 1. The zero-order valence-corrected chi connectivity index (χ0v) is 22.6. The van der Waals surface area contributed by atoms with Crippen molar-refractivity contribution in [1.82, 2.24) is 16.0 Å². The van der Waals surface area contributed by atoms with Crippen molar-refractivity contribution in [3.05, 3.63) is 33.4 Å². The standard InChI is InChI=1S/C22H30IN3O8S/c1-22(2,3)34-21(33)26-15(20(31)32)8-9-17(27)25-16(19(30)24-10-18(28)29)12-35-11-13-4-6-14(23)7-5-13/h4-7,15-16H,8-12H2,1-3H3,(H,24,30)(H,25,27)(H,26,33)(H,28,29)(H,31,32)/t15-,16-/m0/s1. The van der Waals surface area contributed by atoms with E-state index >= 15 is 0 Å². The molecule has 0 spiro atoms. The van der Waals surface area contributed by atoms with E-state index in [1.807, 2.05) is 24.3 Å². The summed E-state index contributed by atoms with van der Waals surface area (Å²) in [4.78, 5) is 59.0. The molecule has 194 valence electrons. The predicted octanol–water partition coefficient (Wildman–Crippen LogP) is 1.97. The Balaban J connectivity index is 2.69. The highest BCUT2D eigenvalue weighted by molar-refractivity contribution is 14.1. The van der Waals surface area contributed by atoms with E-state index in [1.54, 1.807) is 20.8 Å². The topological polar surface area (TPSA) is 171 Å². The minimum Gasteiger partial charge on any atom is -0.480 e. The van der Waals surface area contributed by atoms with Gasteiger partial charge in [0.25, 0.3) is 0 Å². The molecular weight excluding hydrogens is 593 g/mol. The Morgan fingerprint density at radius 2 is 1.66 bits per heavy atom. The van der Waals surface area contributed by atoms with Gasteiger partial charge < -0.3 is 30.9 Å². The van der Waals surface area contributed by atoms with Gasteiger partial charge in [-0.25, -0.2) is 9.59 Å². The number of carboxylic acid groups (broad SMARTS) is 2. The molecule has 0 fully saturated rings. The molecule has 0 saturated heterocycles. The summed E-state index contributed by atoms with van der Waals surface area (Å²) in [5.74, 6) is -3.12. The quantitative estimate of drug-likeness (QED) is 0.206. The molecule has 0 saturated carbocycles. The van der Waals surface area contributed by atoms with Crippen molar-refractivity contribution >= 4 is 64.2 Å². The molecule has 13 heteroatoms. The van der Waals surface area contributed by atoms with Crippen LogP contribution in [0, 0.1) is 3.57 Å². The first-order chi connectivity index (χ1) is 16.3. The summed E-state index contributed by atoms with van der Waals surface area (Å²) in [5, 5.41) is 25.1. The van der Waals surface area contributed by atoms with Gasteiger partial charge in [0.1, 0.15) is 24.2 Å². The lowest BCUT2D eigenvalue weighted by atomic mass is 10.1. The Kier molecular flexibility index (Phi) is 12.9. The minimum absolute atomic E-state index is 0.168. The summed E-state index contributed by atoms with van der Waals surface area (Å²) in [6.07, 6.45) is -1.46. The number of carbonyl (C=O) groups excluding carboxylic acids is 3. The smallest absolute Gasteiger partial charge is 0.408 e.